The Morgan fingerprint density at radius 2 is 1.76 bits per heavy atom. The molecule has 126 valence electrons. The number of rotatable bonds is 3. The van der Waals surface area contributed by atoms with E-state index in [9.17, 15) is 14.4 Å². The van der Waals surface area contributed by atoms with Gasteiger partial charge in [0.15, 0.2) is 5.16 Å². The predicted molar refractivity (Wildman–Crippen MR) is 102 cm³/mol. The van der Waals surface area contributed by atoms with Gasteiger partial charge in [-0.3, -0.25) is 14.9 Å². The Bertz CT molecular complexity index is 881. The van der Waals surface area contributed by atoms with Crippen LogP contribution in [-0.4, -0.2) is 34.1 Å². The summed E-state index contributed by atoms with van der Waals surface area (Å²) in [6.07, 6.45) is 6.24. The summed E-state index contributed by atoms with van der Waals surface area (Å²) in [4.78, 5) is 46.0. The molecule has 0 aliphatic carbocycles. The number of amides is 4. The van der Waals surface area contributed by atoms with Gasteiger partial charge in [-0.2, -0.15) is 0 Å². The first kappa shape index (κ1) is 17.5. The summed E-state index contributed by atoms with van der Waals surface area (Å²) < 4.78 is 0.962. The molecule has 0 spiro atoms. The van der Waals surface area contributed by atoms with Crippen molar-refractivity contribution in [3.05, 3.63) is 51.4 Å². The number of thioether (sulfide) groups is 1. The highest BCUT2D eigenvalue weighted by molar-refractivity contribution is 14.1. The number of carbonyl (C=O) groups excluding carboxylic acids is 3. The zero-order valence-electron chi connectivity index (χ0n) is 12.9. The van der Waals surface area contributed by atoms with E-state index in [1.807, 2.05) is 6.26 Å². The summed E-state index contributed by atoms with van der Waals surface area (Å²) >= 11 is 3.50. The van der Waals surface area contributed by atoms with Crippen molar-refractivity contribution in [2.24, 2.45) is 0 Å². The molecule has 2 heterocycles. The van der Waals surface area contributed by atoms with Crippen LogP contribution < -0.4 is 10.2 Å². The fourth-order valence-corrected chi connectivity index (χ4v) is 2.83. The highest BCUT2D eigenvalue weighted by atomic mass is 127. The van der Waals surface area contributed by atoms with E-state index in [1.54, 1.807) is 24.3 Å². The van der Waals surface area contributed by atoms with Gasteiger partial charge in [-0.1, -0.05) is 11.8 Å². The smallest absolute Gasteiger partial charge is 0.273 e. The number of barbiturate groups is 1. The van der Waals surface area contributed by atoms with Gasteiger partial charge in [0.2, 0.25) is 0 Å². The fourth-order valence-electron chi connectivity index (χ4n) is 2.15. The molecule has 7 nitrogen and oxygen atoms in total. The number of nitrogens with one attached hydrogen (secondary N) is 1. The van der Waals surface area contributed by atoms with Crippen molar-refractivity contribution >= 4 is 64.0 Å². The van der Waals surface area contributed by atoms with E-state index < -0.39 is 17.8 Å². The highest BCUT2D eigenvalue weighted by Crippen LogP contribution is 2.22. The minimum Gasteiger partial charge on any atom is -0.273 e. The van der Waals surface area contributed by atoms with E-state index in [4.69, 9.17) is 0 Å². The van der Waals surface area contributed by atoms with E-state index in [2.05, 4.69) is 37.9 Å². The number of anilines is 1. The number of imide groups is 2. The van der Waals surface area contributed by atoms with Crippen molar-refractivity contribution in [3.63, 3.8) is 0 Å². The predicted octanol–water partition coefficient (Wildman–Crippen LogP) is 2.47. The first-order valence-corrected chi connectivity index (χ1v) is 9.33. The average Bonchev–Trinajstić information content (AvgIpc) is 2.60. The Balaban J connectivity index is 1.97. The van der Waals surface area contributed by atoms with E-state index >= 15 is 0 Å². The molecule has 1 aliphatic rings. The van der Waals surface area contributed by atoms with Gasteiger partial charge < -0.3 is 0 Å². The molecule has 1 fully saturated rings. The molecule has 3 rings (SSSR count). The number of carbonyl (C=O) groups is 3. The van der Waals surface area contributed by atoms with Crippen molar-refractivity contribution in [2.75, 3.05) is 11.2 Å². The van der Waals surface area contributed by atoms with Gasteiger partial charge in [0.1, 0.15) is 5.57 Å². The lowest BCUT2D eigenvalue weighted by Crippen LogP contribution is -2.54. The Labute approximate surface area is 161 Å². The molecular weight excluding hydrogens is 455 g/mol. The van der Waals surface area contributed by atoms with Gasteiger partial charge >= 0.3 is 6.03 Å². The molecule has 9 heteroatoms. The molecule has 0 saturated carbocycles. The Hall–Kier alpha value is -2.27. The molecule has 25 heavy (non-hydrogen) atoms. The van der Waals surface area contributed by atoms with Crippen molar-refractivity contribution in [3.8, 4) is 0 Å². The van der Waals surface area contributed by atoms with Gasteiger partial charge in [-0.15, -0.1) is 0 Å². The second-order valence-electron chi connectivity index (χ2n) is 4.94. The standard InChI is InChI=1S/C16H11IN4O3S/c1-25-15-18-7-9(8-19-15)6-12-13(22)20-16(24)21(14(12)23)11-4-2-10(17)3-5-11/h2-8H,1H3,(H,20,22,24). The molecule has 2 aromatic rings. The van der Waals surface area contributed by atoms with Crippen LogP contribution in [0.15, 0.2) is 47.4 Å². The third-order valence-corrected chi connectivity index (χ3v) is 4.62. The van der Waals surface area contributed by atoms with Crippen LogP contribution in [-0.2, 0) is 9.59 Å². The molecule has 0 unspecified atom stereocenters. The third-order valence-electron chi connectivity index (χ3n) is 3.33. The number of urea groups is 1. The van der Waals surface area contributed by atoms with Crippen LogP contribution in [0.2, 0.25) is 0 Å². The van der Waals surface area contributed by atoms with Crippen molar-refractivity contribution < 1.29 is 14.4 Å². The second kappa shape index (κ2) is 7.31. The van der Waals surface area contributed by atoms with Crippen molar-refractivity contribution in [1.82, 2.24) is 15.3 Å². The lowest BCUT2D eigenvalue weighted by Gasteiger charge is -2.26. The first-order chi connectivity index (χ1) is 12.0. The quantitative estimate of drug-likeness (QED) is 0.246. The highest BCUT2D eigenvalue weighted by Gasteiger charge is 2.36. The summed E-state index contributed by atoms with van der Waals surface area (Å²) in [6.45, 7) is 0. The van der Waals surface area contributed by atoms with Gasteiger partial charge in [-0.25, -0.2) is 19.7 Å². The van der Waals surface area contributed by atoms with E-state index in [0.717, 1.165) is 8.47 Å². The maximum Gasteiger partial charge on any atom is 0.335 e. The fraction of sp³-hybridized carbons (Fsp3) is 0.0625. The van der Waals surface area contributed by atoms with Crippen LogP contribution in [0.3, 0.4) is 0 Å². The molecule has 0 bridgehead atoms. The Morgan fingerprint density at radius 1 is 1.12 bits per heavy atom. The summed E-state index contributed by atoms with van der Waals surface area (Å²) in [5.74, 6) is -1.44. The summed E-state index contributed by atoms with van der Waals surface area (Å²) in [6, 6.07) is 6.05. The minimum absolute atomic E-state index is 0.154. The van der Waals surface area contributed by atoms with Gasteiger partial charge in [0, 0.05) is 21.5 Å². The molecule has 1 aromatic heterocycles. The molecule has 1 aliphatic heterocycles. The summed E-state index contributed by atoms with van der Waals surface area (Å²) in [7, 11) is 0. The molecule has 1 saturated heterocycles. The Morgan fingerprint density at radius 3 is 2.36 bits per heavy atom. The van der Waals surface area contributed by atoms with Crippen molar-refractivity contribution in [2.45, 2.75) is 5.16 Å². The lowest BCUT2D eigenvalue weighted by atomic mass is 10.1. The number of benzene rings is 1. The van der Waals surface area contributed by atoms with Gasteiger partial charge in [-0.05, 0) is 59.2 Å². The van der Waals surface area contributed by atoms with Crippen LogP contribution in [0.1, 0.15) is 5.56 Å². The monoisotopic (exact) mass is 466 g/mol. The number of hydrogen-bond acceptors (Lipinski definition) is 6. The molecule has 0 atom stereocenters. The van der Waals surface area contributed by atoms with Crippen molar-refractivity contribution in [1.29, 1.82) is 0 Å². The molecular formula is C16H11IN4O3S. The zero-order valence-corrected chi connectivity index (χ0v) is 15.9. The zero-order chi connectivity index (χ0) is 18.0. The van der Waals surface area contributed by atoms with E-state index in [0.29, 0.717) is 16.4 Å². The van der Waals surface area contributed by atoms with Crippen LogP contribution in [0.5, 0.6) is 0 Å². The third kappa shape index (κ3) is 3.71. The molecule has 0 radical (unpaired) electrons. The number of aromatic nitrogens is 2. The molecule has 1 N–H and O–H groups in total. The maximum absolute atomic E-state index is 12.7. The SMILES string of the molecule is CSc1ncc(C=C2C(=O)NC(=O)N(c3ccc(I)cc3)C2=O)cn1. The topological polar surface area (TPSA) is 92.3 Å². The van der Waals surface area contributed by atoms with Crippen LogP contribution in [0, 0.1) is 3.57 Å². The second-order valence-corrected chi connectivity index (χ2v) is 6.96. The van der Waals surface area contributed by atoms with Crippen LogP contribution in [0.4, 0.5) is 10.5 Å². The number of halogens is 1. The molecule has 1 aromatic carbocycles. The average molecular weight is 466 g/mol. The maximum atomic E-state index is 12.7. The largest absolute Gasteiger partial charge is 0.335 e. The van der Waals surface area contributed by atoms with Gasteiger partial charge in [0.25, 0.3) is 11.8 Å². The molecule has 4 amide bonds. The van der Waals surface area contributed by atoms with Crippen LogP contribution >= 0.6 is 34.4 Å². The normalized spacial score (nSPS) is 16.3. The van der Waals surface area contributed by atoms with E-state index in [-0.39, 0.29) is 5.57 Å². The minimum atomic E-state index is -0.776. The Kier molecular flexibility index (Phi) is 5.13. The number of hydrogen-bond donors (Lipinski definition) is 1. The lowest BCUT2D eigenvalue weighted by molar-refractivity contribution is -0.122. The van der Waals surface area contributed by atoms with Crippen LogP contribution in [0.25, 0.3) is 6.08 Å². The van der Waals surface area contributed by atoms with E-state index in [1.165, 1.54) is 30.2 Å². The van der Waals surface area contributed by atoms with Gasteiger partial charge in [0.05, 0.1) is 5.69 Å². The summed E-state index contributed by atoms with van der Waals surface area (Å²) in [5.41, 5.74) is 0.724. The summed E-state index contributed by atoms with van der Waals surface area (Å²) in [5, 5.41) is 2.76. The number of nitrogens with zero attached hydrogens (tertiary/aromatic N) is 3. The first-order valence-electron chi connectivity index (χ1n) is 7.02.